The van der Waals surface area contributed by atoms with Gasteiger partial charge >= 0.3 is 5.97 Å². The van der Waals surface area contributed by atoms with Gasteiger partial charge in [-0.1, -0.05) is 6.07 Å². The van der Waals surface area contributed by atoms with E-state index in [2.05, 4.69) is 4.74 Å². The van der Waals surface area contributed by atoms with E-state index >= 15 is 0 Å². The molecule has 0 aliphatic carbocycles. The van der Waals surface area contributed by atoms with Gasteiger partial charge in [-0.2, -0.15) is 0 Å². The Bertz CT molecular complexity index is 389. The van der Waals surface area contributed by atoms with Crippen LogP contribution in [0.3, 0.4) is 0 Å². The Balaban J connectivity index is 2.30. The smallest absolute Gasteiger partial charge is 0.337 e. The molecule has 0 radical (unpaired) electrons. The van der Waals surface area contributed by atoms with Crippen molar-refractivity contribution in [1.29, 1.82) is 0 Å². The zero-order valence-electron chi connectivity index (χ0n) is 8.53. The summed E-state index contributed by atoms with van der Waals surface area (Å²) < 4.78 is 10.1. The molecule has 0 amide bonds. The number of hydrogen-bond donors (Lipinski definition) is 1. The summed E-state index contributed by atoms with van der Waals surface area (Å²) >= 11 is 0. The van der Waals surface area contributed by atoms with Crippen LogP contribution in [-0.2, 0) is 11.2 Å². The molecule has 2 N–H and O–H groups in total. The Hall–Kier alpha value is -1.55. The van der Waals surface area contributed by atoms with Crippen molar-refractivity contribution in [3.63, 3.8) is 0 Å². The standard InChI is InChI=1S/C11H13NO3/c1-14-11(13)8-3-2-7-4-9(12)6-15-10(7)5-8/h2-3,5,9H,4,6,12H2,1H3. The number of ether oxygens (including phenoxy) is 2. The van der Waals surface area contributed by atoms with E-state index in [-0.39, 0.29) is 12.0 Å². The van der Waals surface area contributed by atoms with E-state index < -0.39 is 0 Å². The molecule has 1 aliphatic rings. The SMILES string of the molecule is COC(=O)c1ccc2c(c1)OCC(N)C2. The topological polar surface area (TPSA) is 61.5 Å². The summed E-state index contributed by atoms with van der Waals surface area (Å²) in [6.07, 6.45) is 0.788. The molecule has 0 saturated carbocycles. The molecule has 0 saturated heterocycles. The summed E-state index contributed by atoms with van der Waals surface area (Å²) in [6.45, 7) is 0.498. The van der Waals surface area contributed by atoms with Crippen molar-refractivity contribution in [3.8, 4) is 5.75 Å². The van der Waals surface area contributed by atoms with E-state index in [4.69, 9.17) is 10.5 Å². The van der Waals surface area contributed by atoms with Gasteiger partial charge in [0.25, 0.3) is 0 Å². The van der Waals surface area contributed by atoms with E-state index in [1.807, 2.05) is 6.07 Å². The predicted molar refractivity (Wildman–Crippen MR) is 55.0 cm³/mol. The van der Waals surface area contributed by atoms with Crippen LogP contribution in [0.2, 0.25) is 0 Å². The van der Waals surface area contributed by atoms with Crippen LogP contribution in [0, 0.1) is 0 Å². The number of nitrogens with two attached hydrogens (primary N) is 1. The monoisotopic (exact) mass is 207 g/mol. The van der Waals surface area contributed by atoms with Gasteiger partial charge in [-0.05, 0) is 24.1 Å². The third kappa shape index (κ3) is 1.94. The first kappa shape index (κ1) is 9.98. The van der Waals surface area contributed by atoms with Gasteiger partial charge < -0.3 is 15.2 Å². The molecule has 80 valence electrons. The molecule has 1 aromatic carbocycles. The number of methoxy groups -OCH3 is 1. The van der Waals surface area contributed by atoms with Crippen LogP contribution in [-0.4, -0.2) is 25.7 Å². The third-order valence-electron chi connectivity index (χ3n) is 2.42. The van der Waals surface area contributed by atoms with Gasteiger partial charge in [0, 0.05) is 6.04 Å². The van der Waals surface area contributed by atoms with Crippen LogP contribution in [0.25, 0.3) is 0 Å². The predicted octanol–water partition coefficient (Wildman–Crippen LogP) is 0.735. The second-order valence-corrected chi connectivity index (χ2v) is 3.59. The lowest BCUT2D eigenvalue weighted by Gasteiger charge is -2.22. The maximum atomic E-state index is 11.3. The van der Waals surface area contributed by atoms with Gasteiger partial charge in [0.05, 0.1) is 12.7 Å². The first-order valence-electron chi connectivity index (χ1n) is 4.80. The molecule has 0 spiro atoms. The molecule has 0 aromatic heterocycles. The highest BCUT2D eigenvalue weighted by molar-refractivity contribution is 5.89. The molecule has 1 aromatic rings. The molecule has 4 heteroatoms. The van der Waals surface area contributed by atoms with Crippen molar-refractivity contribution >= 4 is 5.97 Å². The number of benzene rings is 1. The summed E-state index contributed by atoms with van der Waals surface area (Å²) in [4.78, 5) is 11.3. The van der Waals surface area contributed by atoms with Crippen LogP contribution in [0.15, 0.2) is 18.2 Å². The molecular weight excluding hydrogens is 194 g/mol. The second-order valence-electron chi connectivity index (χ2n) is 3.59. The summed E-state index contributed by atoms with van der Waals surface area (Å²) in [6, 6.07) is 5.33. The van der Waals surface area contributed by atoms with Crippen LogP contribution in [0.5, 0.6) is 5.75 Å². The molecule has 4 nitrogen and oxygen atoms in total. The normalized spacial score (nSPS) is 18.9. The molecule has 1 heterocycles. The zero-order valence-corrected chi connectivity index (χ0v) is 8.53. The molecule has 1 unspecified atom stereocenters. The first-order valence-corrected chi connectivity index (χ1v) is 4.80. The van der Waals surface area contributed by atoms with E-state index in [1.165, 1.54) is 7.11 Å². The Morgan fingerprint density at radius 3 is 3.13 bits per heavy atom. The summed E-state index contributed by atoms with van der Waals surface area (Å²) in [7, 11) is 1.36. The van der Waals surface area contributed by atoms with Crippen molar-refractivity contribution < 1.29 is 14.3 Å². The average Bonchev–Trinajstić information content (AvgIpc) is 2.27. The first-order chi connectivity index (χ1) is 7.20. The van der Waals surface area contributed by atoms with Crippen molar-refractivity contribution in [2.45, 2.75) is 12.5 Å². The highest BCUT2D eigenvalue weighted by atomic mass is 16.5. The molecular formula is C11H13NO3. The lowest BCUT2D eigenvalue weighted by atomic mass is 10.0. The summed E-state index contributed by atoms with van der Waals surface area (Å²) in [5, 5.41) is 0. The van der Waals surface area contributed by atoms with Crippen LogP contribution in [0.4, 0.5) is 0 Å². The van der Waals surface area contributed by atoms with Crippen LogP contribution in [0.1, 0.15) is 15.9 Å². The lowest BCUT2D eigenvalue weighted by Crippen LogP contribution is -2.33. The highest BCUT2D eigenvalue weighted by Gasteiger charge is 2.18. The molecule has 0 bridgehead atoms. The fraction of sp³-hybridized carbons (Fsp3) is 0.364. The Morgan fingerprint density at radius 1 is 1.60 bits per heavy atom. The van der Waals surface area contributed by atoms with Gasteiger partial charge in [0.1, 0.15) is 12.4 Å². The van der Waals surface area contributed by atoms with Crippen LogP contribution >= 0.6 is 0 Å². The molecule has 1 atom stereocenters. The van der Waals surface area contributed by atoms with Gasteiger partial charge in [0.15, 0.2) is 0 Å². The Morgan fingerprint density at radius 2 is 2.40 bits per heavy atom. The summed E-state index contributed by atoms with van der Waals surface area (Å²) in [5.41, 5.74) is 7.31. The molecule has 15 heavy (non-hydrogen) atoms. The number of hydrogen-bond acceptors (Lipinski definition) is 4. The number of carbonyl (C=O) groups excluding carboxylic acids is 1. The minimum Gasteiger partial charge on any atom is -0.492 e. The van der Waals surface area contributed by atoms with E-state index in [0.29, 0.717) is 12.2 Å². The number of fused-ring (bicyclic) bond motifs is 1. The average molecular weight is 207 g/mol. The number of carbonyl (C=O) groups is 1. The van der Waals surface area contributed by atoms with Crippen molar-refractivity contribution in [2.24, 2.45) is 5.73 Å². The van der Waals surface area contributed by atoms with E-state index in [1.54, 1.807) is 12.1 Å². The largest absolute Gasteiger partial charge is 0.492 e. The minimum atomic E-state index is -0.351. The van der Waals surface area contributed by atoms with Gasteiger partial charge in [0.2, 0.25) is 0 Å². The van der Waals surface area contributed by atoms with E-state index in [0.717, 1.165) is 17.7 Å². The van der Waals surface area contributed by atoms with Gasteiger partial charge in [-0.3, -0.25) is 0 Å². The van der Waals surface area contributed by atoms with Crippen LogP contribution < -0.4 is 10.5 Å². The minimum absolute atomic E-state index is 0.0430. The maximum absolute atomic E-state index is 11.3. The fourth-order valence-electron chi connectivity index (χ4n) is 1.64. The maximum Gasteiger partial charge on any atom is 0.337 e. The molecule has 2 rings (SSSR count). The van der Waals surface area contributed by atoms with Crippen molar-refractivity contribution in [3.05, 3.63) is 29.3 Å². The third-order valence-corrected chi connectivity index (χ3v) is 2.42. The Kier molecular flexibility index (Phi) is 2.60. The van der Waals surface area contributed by atoms with Crippen molar-refractivity contribution in [2.75, 3.05) is 13.7 Å². The lowest BCUT2D eigenvalue weighted by molar-refractivity contribution is 0.0600. The zero-order chi connectivity index (χ0) is 10.8. The highest BCUT2D eigenvalue weighted by Crippen LogP contribution is 2.25. The van der Waals surface area contributed by atoms with Crippen molar-refractivity contribution in [1.82, 2.24) is 0 Å². The van der Waals surface area contributed by atoms with E-state index in [9.17, 15) is 4.79 Å². The molecule has 1 aliphatic heterocycles. The quantitative estimate of drug-likeness (QED) is 0.690. The number of rotatable bonds is 1. The van der Waals surface area contributed by atoms with Gasteiger partial charge in [-0.25, -0.2) is 4.79 Å². The Labute approximate surface area is 88.0 Å². The van der Waals surface area contributed by atoms with Gasteiger partial charge in [-0.15, -0.1) is 0 Å². The molecule has 0 fully saturated rings. The summed E-state index contributed by atoms with van der Waals surface area (Å²) in [5.74, 6) is 0.385. The number of esters is 1. The fourth-order valence-corrected chi connectivity index (χ4v) is 1.64. The second kappa shape index (κ2) is 3.90.